The highest BCUT2D eigenvalue weighted by atomic mass is 79.9. The molecular weight excluding hydrogens is 656 g/mol. The number of hydrogen-bond acceptors (Lipinski definition) is 3. The van der Waals surface area contributed by atoms with E-state index in [1.54, 1.807) is 24.3 Å². The molecule has 156 valence electrons. The van der Waals surface area contributed by atoms with Crippen LogP contribution in [0.25, 0.3) is 17.7 Å². The molecule has 0 saturated carbocycles. The third-order valence-corrected chi connectivity index (χ3v) is 7.37. The summed E-state index contributed by atoms with van der Waals surface area (Å²) in [5.41, 5.74) is 4.80. The lowest BCUT2D eigenvalue weighted by atomic mass is 9.81. The number of fused-ring (bicyclic) bond motifs is 1. The number of halogens is 4. The fourth-order valence-electron chi connectivity index (χ4n) is 3.48. The number of carbonyl (C=O) groups excluding carboxylic acids is 1. The molecule has 3 aromatic carbocycles. The van der Waals surface area contributed by atoms with Crippen LogP contribution in [-0.2, 0) is 11.2 Å². The Morgan fingerprint density at radius 2 is 1.23 bits per heavy atom. The van der Waals surface area contributed by atoms with E-state index < -0.39 is 0 Å². The summed E-state index contributed by atoms with van der Waals surface area (Å²) < 4.78 is 2.18. The maximum atomic E-state index is 13.5. The van der Waals surface area contributed by atoms with Gasteiger partial charge in [-0.25, -0.2) is 0 Å². The summed E-state index contributed by atoms with van der Waals surface area (Å²) in [6, 6.07) is 15.0. The van der Waals surface area contributed by atoms with Gasteiger partial charge in [0.05, 0.1) is 17.9 Å². The topological polar surface area (TPSA) is 57.5 Å². The van der Waals surface area contributed by atoms with Crippen LogP contribution in [0, 0.1) is 0 Å². The monoisotopic (exact) mass is 666 g/mol. The highest BCUT2D eigenvalue weighted by Crippen LogP contribution is 2.38. The normalized spacial score (nSPS) is 16.1. The lowest BCUT2D eigenvalue weighted by molar-refractivity contribution is -0.110. The molecule has 0 heterocycles. The zero-order chi connectivity index (χ0) is 22.3. The number of hydrogen-bond donors (Lipinski definition) is 2. The molecule has 0 amide bonds. The van der Waals surface area contributed by atoms with Gasteiger partial charge < -0.3 is 10.2 Å². The summed E-state index contributed by atoms with van der Waals surface area (Å²) in [5.74, 6) is 0.174. The minimum absolute atomic E-state index is 0.0562. The fourth-order valence-corrected chi connectivity index (χ4v) is 5.93. The van der Waals surface area contributed by atoms with Crippen molar-refractivity contribution in [2.45, 2.75) is 6.42 Å². The Bertz CT molecular complexity index is 1250. The van der Waals surface area contributed by atoms with Gasteiger partial charge in [0.2, 0.25) is 0 Å². The second kappa shape index (κ2) is 9.06. The second-order valence-corrected chi connectivity index (χ2v) is 10.5. The third-order valence-electron chi connectivity index (χ3n) is 4.96. The first-order valence-corrected chi connectivity index (χ1v) is 12.3. The van der Waals surface area contributed by atoms with Crippen LogP contribution in [-0.4, -0.2) is 16.0 Å². The lowest BCUT2D eigenvalue weighted by Gasteiger charge is -2.21. The van der Waals surface area contributed by atoms with Gasteiger partial charge >= 0.3 is 0 Å². The van der Waals surface area contributed by atoms with Gasteiger partial charge in [0.15, 0.2) is 5.78 Å². The van der Waals surface area contributed by atoms with E-state index >= 15 is 0 Å². The van der Waals surface area contributed by atoms with E-state index in [0.717, 1.165) is 22.3 Å². The predicted molar refractivity (Wildman–Crippen MR) is 138 cm³/mol. The first-order chi connectivity index (χ1) is 14.7. The Morgan fingerprint density at radius 3 is 1.77 bits per heavy atom. The first kappa shape index (κ1) is 22.5. The van der Waals surface area contributed by atoms with E-state index in [9.17, 15) is 15.0 Å². The van der Waals surface area contributed by atoms with Gasteiger partial charge in [-0.05, 0) is 122 Å². The van der Waals surface area contributed by atoms with Crippen LogP contribution in [0.4, 0.5) is 0 Å². The average Bonchev–Trinajstić information content (AvgIpc) is 2.73. The quantitative estimate of drug-likeness (QED) is 0.273. The molecule has 2 N–H and O–H groups in total. The predicted octanol–water partition coefficient (Wildman–Crippen LogP) is 7.90. The number of allylic oxidation sites excluding steroid dienone is 2. The minimum atomic E-state index is -0.0562. The zero-order valence-electron chi connectivity index (χ0n) is 15.8. The highest BCUT2D eigenvalue weighted by Gasteiger charge is 2.26. The number of phenols is 2. The van der Waals surface area contributed by atoms with E-state index in [-0.39, 0.29) is 17.3 Å². The molecule has 0 spiro atoms. The van der Waals surface area contributed by atoms with Crippen LogP contribution in [0.15, 0.2) is 72.0 Å². The number of phenolic OH excluding ortho intramolecular Hbond substituents is 2. The molecule has 0 bridgehead atoms. The van der Waals surface area contributed by atoms with Gasteiger partial charge in [-0.2, -0.15) is 0 Å². The number of Topliss-reactive ketones (excluding diaryl/α,β-unsaturated/α-hetero) is 1. The largest absolute Gasteiger partial charge is 0.506 e. The molecular formula is C24H14Br4O3. The van der Waals surface area contributed by atoms with Gasteiger partial charge in [0.25, 0.3) is 0 Å². The van der Waals surface area contributed by atoms with E-state index in [0.29, 0.717) is 35.5 Å². The van der Waals surface area contributed by atoms with E-state index in [4.69, 9.17) is 0 Å². The van der Waals surface area contributed by atoms with Crippen molar-refractivity contribution in [3.63, 3.8) is 0 Å². The number of benzene rings is 3. The molecule has 31 heavy (non-hydrogen) atoms. The van der Waals surface area contributed by atoms with Gasteiger partial charge in [0, 0.05) is 17.6 Å². The Kier molecular flexibility index (Phi) is 6.58. The molecule has 3 nitrogen and oxygen atoms in total. The van der Waals surface area contributed by atoms with Crippen molar-refractivity contribution < 1.29 is 15.0 Å². The summed E-state index contributed by atoms with van der Waals surface area (Å²) in [6.45, 7) is 0. The van der Waals surface area contributed by atoms with Crippen molar-refractivity contribution in [1.29, 1.82) is 0 Å². The van der Waals surface area contributed by atoms with Crippen LogP contribution in [0.1, 0.15) is 22.3 Å². The SMILES string of the molecule is O=C1/C(=C/c2cc(Br)c(O)c(Br)c2)Cc2ccccc2/C1=C\c1cc(Br)c(O)c(Br)c1. The maximum Gasteiger partial charge on any atom is 0.189 e. The summed E-state index contributed by atoms with van der Waals surface area (Å²) in [4.78, 5) is 13.5. The van der Waals surface area contributed by atoms with Gasteiger partial charge in [-0.1, -0.05) is 24.3 Å². The number of carbonyl (C=O) groups is 1. The second-order valence-electron chi connectivity index (χ2n) is 7.06. The van der Waals surface area contributed by atoms with Crippen molar-refractivity contribution in [2.75, 3.05) is 0 Å². The zero-order valence-corrected chi connectivity index (χ0v) is 22.1. The molecule has 0 aliphatic heterocycles. The maximum absolute atomic E-state index is 13.5. The molecule has 1 aliphatic carbocycles. The summed E-state index contributed by atoms with van der Waals surface area (Å²) in [7, 11) is 0. The van der Waals surface area contributed by atoms with Crippen LogP contribution >= 0.6 is 63.7 Å². The molecule has 3 aromatic rings. The highest BCUT2D eigenvalue weighted by molar-refractivity contribution is 9.11. The van der Waals surface area contributed by atoms with Crippen molar-refractivity contribution in [3.8, 4) is 11.5 Å². The van der Waals surface area contributed by atoms with Crippen LogP contribution in [0.3, 0.4) is 0 Å². The molecule has 0 saturated heterocycles. The summed E-state index contributed by atoms with van der Waals surface area (Å²) in [5, 5.41) is 20.0. The molecule has 0 radical (unpaired) electrons. The minimum Gasteiger partial charge on any atom is -0.506 e. The van der Waals surface area contributed by atoms with Gasteiger partial charge in [-0.3, -0.25) is 4.79 Å². The van der Waals surface area contributed by atoms with E-state index in [2.05, 4.69) is 63.7 Å². The van der Waals surface area contributed by atoms with E-state index in [1.807, 2.05) is 36.4 Å². The van der Waals surface area contributed by atoms with Crippen molar-refractivity contribution in [1.82, 2.24) is 0 Å². The van der Waals surface area contributed by atoms with Crippen LogP contribution in [0.5, 0.6) is 11.5 Å². The Labute approximate surface area is 213 Å². The average molecular weight is 670 g/mol. The van der Waals surface area contributed by atoms with Crippen molar-refractivity contribution in [2.24, 2.45) is 0 Å². The molecule has 0 atom stereocenters. The molecule has 0 aromatic heterocycles. The summed E-state index contributed by atoms with van der Waals surface area (Å²) in [6.07, 6.45) is 4.21. The van der Waals surface area contributed by atoms with Gasteiger partial charge in [-0.15, -0.1) is 0 Å². The van der Waals surface area contributed by atoms with Gasteiger partial charge in [0.1, 0.15) is 11.5 Å². The molecule has 0 unspecified atom stereocenters. The lowest BCUT2D eigenvalue weighted by Crippen LogP contribution is -2.16. The molecule has 1 aliphatic rings. The fraction of sp³-hybridized carbons (Fsp3) is 0.0417. The standard InChI is InChI=1S/C24H14Br4O3/c25-18-7-12(8-19(26)23(18)30)5-15-11-14-3-1-2-4-16(14)17(22(15)29)6-13-9-20(27)24(31)21(28)10-13/h1-10,30-31H,11H2/b15-5+,17-6+. The van der Waals surface area contributed by atoms with Crippen molar-refractivity contribution >= 4 is 87.2 Å². The Hall–Kier alpha value is -1.67. The molecule has 7 heteroatoms. The third kappa shape index (κ3) is 4.60. The number of rotatable bonds is 2. The number of ketones is 1. The Balaban J connectivity index is 1.85. The smallest absolute Gasteiger partial charge is 0.189 e. The first-order valence-electron chi connectivity index (χ1n) is 9.16. The summed E-state index contributed by atoms with van der Waals surface area (Å²) >= 11 is 13.4. The van der Waals surface area contributed by atoms with Crippen LogP contribution in [0.2, 0.25) is 0 Å². The van der Waals surface area contributed by atoms with Crippen LogP contribution < -0.4 is 0 Å². The Morgan fingerprint density at radius 1 is 0.742 bits per heavy atom. The molecule has 0 fully saturated rings. The van der Waals surface area contributed by atoms with E-state index in [1.165, 1.54) is 0 Å². The number of aromatic hydroxyl groups is 2. The molecule has 4 rings (SSSR count). The van der Waals surface area contributed by atoms with Crippen molar-refractivity contribution in [3.05, 3.63) is 94.2 Å².